The van der Waals surface area contributed by atoms with Crippen LogP contribution in [0.5, 0.6) is 0 Å². The van der Waals surface area contributed by atoms with Gasteiger partial charge in [0.15, 0.2) is 0 Å². The summed E-state index contributed by atoms with van der Waals surface area (Å²) < 4.78 is 70.1. The van der Waals surface area contributed by atoms with Crippen LogP contribution in [0, 0.1) is 35.5 Å². The molecule has 8 rings (SSSR count). The van der Waals surface area contributed by atoms with Gasteiger partial charge in [0.25, 0.3) is 0 Å². The van der Waals surface area contributed by atoms with Gasteiger partial charge in [-0.2, -0.15) is 0 Å². The zero-order valence-electron chi connectivity index (χ0n) is 38.5. The number of fused-ring (bicyclic) bond motifs is 4. The molecule has 0 radical (unpaired) electrons. The van der Waals surface area contributed by atoms with Gasteiger partial charge >= 0.3 is 35.5 Å². The molecule has 4 aliphatic carbocycles. The fourth-order valence-electron chi connectivity index (χ4n) is 11.2. The van der Waals surface area contributed by atoms with Crippen LogP contribution in [0.25, 0.3) is 22.3 Å². The number of carboxylic acids is 1. The Hall–Kier alpha value is -2.90. The number of benzene rings is 4. The Morgan fingerprint density at radius 1 is 0.621 bits per heavy atom. The number of carboxylic acid groups (broad SMARTS) is 1. The van der Waals surface area contributed by atoms with E-state index in [0.717, 1.165) is 92.9 Å². The van der Waals surface area contributed by atoms with E-state index in [4.69, 9.17) is 5.11 Å². The first-order chi connectivity index (χ1) is 31.2. The molecule has 14 heteroatoms. The summed E-state index contributed by atoms with van der Waals surface area (Å²) in [5.74, 6) is 1.98. The number of hydrogen-bond acceptors (Lipinski definition) is 7. The molecule has 66 heavy (non-hydrogen) atoms. The maximum Gasteiger partial charge on any atom is 1.00 e. The molecule has 4 bridgehead atoms. The minimum absolute atomic E-state index is 0. The van der Waals surface area contributed by atoms with Crippen molar-refractivity contribution in [2.75, 3.05) is 12.8 Å². The standard InChI is InChI=1S/C26H34NO4PS.C26H33NO4S.Na/c1-32(28,29)18-8-3-2-7-11-25-22-12-13-23(19-22)26(25)27-33(30,31)24-16-14-21(15-17-24)20-9-5-4-6-10-20;28-25(29)11-7-2-1-6-10-24-21-12-13-22(18-21)26(24)27-32(30,31)23-16-14-20(15-17-23)19-8-4-3-5-9-19;/h2,4-7,9-10,14-17,22-23,25-27H,3,8,11-13,18-19H2,1H3,(H,28,29);3-5,8-9,14-17,21-22,24,26-27H,1-2,6-7,10-13,18H2,(H,28,29);/q;;+1/p-1/b7-2-;;/t22?,23-,25?,26?;21?,22-,24?,26?;/m00./s1. The molecule has 3 N–H and O–H groups in total. The molecule has 4 aromatic carbocycles. The quantitative estimate of drug-likeness (QED) is 0.0334. The first-order valence-corrected chi connectivity index (χ1v) is 28.9. The van der Waals surface area contributed by atoms with E-state index in [2.05, 4.69) is 21.6 Å². The van der Waals surface area contributed by atoms with Crippen LogP contribution in [0.3, 0.4) is 0 Å². The first-order valence-electron chi connectivity index (χ1n) is 23.7. The summed E-state index contributed by atoms with van der Waals surface area (Å²) in [5, 5.41) is 8.76. The van der Waals surface area contributed by atoms with Gasteiger partial charge in [0.05, 0.1) is 9.79 Å². The van der Waals surface area contributed by atoms with Gasteiger partial charge in [-0.3, -0.25) is 4.79 Å². The van der Waals surface area contributed by atoms with Crippen molar-refractivity contribution in [2.45, 2.75) is 118 Å². The molecule has 0 amide bonds. The molecule has 10 nitrogen and oxygen atoms in total. The van der Waals surface area contributed by atoms with E-state index in [0.29, 0.717) is 51.7 Å². The average molecular weight is 965 g/mol. The zero-order chi connectivity index (χ0) is 46.0. The molecule has 9 atom stereocenters. The minimum Gasteiger partial charge on any atom is -0.799 e. The Kier molecular flexibility index (Phi) is 19.2. The second kappa shape index (κ2) is 24.1. The Labute approximate surface area is 415 Å². The van der Waals surface area contributed by atoms with E-state index in [1.54, 1.807) is 24.3 Å². The van der Waals surface area contributed by atoms with E-state index in [1.165, 1.54) is 19.5 Å². The van der Waals surface area contributed by atoms with E-state index in [9.17, 15) is 31.1 Å². The second-order valence-corrected chi connectivity index (χ2v) is 24.9. The van der Waals surface area contributed by atoms with Gasteiger partial charge in [-0.1, -0.05) is 116 Å². The largest absolute Gasteiger partial charge is 1.00 e. The van der Waals surface area contributed by atoms with Gasteiger partial charge in [-0.05, 0) is 165 Å². The molecular formula is C52H66N2NaO8PS2. The van der Waals surface area contributed by atoms with E-state index >= 15 is 0 Å². The third-order valence-electron chi connectivity index (χ3n) is 14.5. The molecule has 0 aliphatic heterocycles. The van der Waals surface area contributed by atoms with E-state index in [1.807, 2.05) is 84.9 Å². The maximum absolute atomic E-state index is 13.2. The van der Waals surface area contributed by atoms with Crippen molar-refractivity contribution in [1.29, 1.82) is 0 Å². The Morgan fingerprint density at radius 2 is 1.06 bits per heavy atom. The maximum atomic E-state index is 13.2. The van der Waals surface area contributed by atoms with Crippen molar-refractivity contribution in [1.82, 2.24) is 9.44 Å². The first kappa shape index (κ1) is 52.5. The molecule has 0 saturated heterocycles. The van der Waals surface area contributed by atoms with Gasteiger partial charge in [-0.15, -0.1) is 0 Å². The van der Waals surface area contributed by atoms with Crippen molar-refractivity contribution in [3.05, 3.63) is 121 Å². The van der Waals surface area contributed by atoms with Crippen molar-refractivity contribution >= 4 is 33.4 Å². The number of hydrogen-bond donors (Lipinski definition) is 3. The van der Waals surface area contributed by atoms with Crippen molar-refractivity contribution in [2.24, 2.45) is 35.5 Å². The summed E-state index contributed by atoms with van der Waals surface area (Å²) in [4.78, 5) is 22.6. The monoisotopic (exact) mass is 964 g/mol. The molecule has 4 fully saturated rings. The molecule has 0 spiro atoms. The molecule has 0 aromatic heterocycles. The summed E-state index contributed by atoms with van der Waals surface area (Å²) in [7, 11) is -10.3. The fourth-order valence-corrected chi connectivity index (χ4v) is 14.7. The predicted molar refractivity (Wildman–Crippen MR) is 257 cm³/mol. The van der Waals surface area contributed by atoms with Gasteiger partial charge in [0.1, 0.15) is 0 Å². The van der Waals surface area contributed by atoms with Gasteiger partial charge in [0.2, 0.25) is 20.0 Å². The smallest absolute Gasteiger partial charge is 0.799 e. The van der Waals surface area contributed by atoms with E-state index in [-0.39, 0.29) is 54.2 Å². The van der Waals surface area contributed by atoms with Crippen molar-refractivity contribution in [3.8, 4) is 22.3 Å². The topological polar surface area (TPSA) is 170 Å². The second-order valence-electron chi connectivity index (χ2n) is 19.0. The van der Waals surface area contributed by atoms with Crippen molar-refractivity contribution < 1.29 is 65.8 Å². The van der Waals surface area contributed by atoms with Crippen LogP contribution in [0.15, 0.2) is 131 Å². The van der Waals surface area contributed by atoms with Crippen LogP contribution in [0.2, 0.25) is 0 Å². The third-order valence-corrected chi connectivity index (χ3v) is 18.6. The average Bonchev–Trinajstić information content (AvgIpc) is 4.10. The molecule has 7 unspecified atom stereocenters. The summed E-state index contributed by atoms with van der Waals surface area (Å²) in [6, 6.07) is 34.1. The number of rotatable bonds is 21. The summed E-state index contributed by atoms with van der Waals surface area (Å²) in [6.07, 6.45) is 18.4. The van der Waals surface area contributed by atoms with Crippen molar-refractivity contribution in [3.63, 3.8) is 0 Å². The minimum atomic E-state index is -3.59. The molecular weight excluding hydrogens is 899 g/mol. The zero-order valence-corrected chi connectivity index (χ0v) is 43.1. The fraction of sp³-hybridized carbons (Fsp3) is 0.481. The van der Waals surface area contributed by atoms with Crippen LogP contribution in [-0.4, -0.2) is 52.8 Å². The summed E-state index contributed by atoms with van der Waals surface area (Å²) in [5.41, 5.74) is 4.13. The SMILES string of the molecule is CP(=O)([O-])CCC/C=C\CC1C2CC[C@@H](C2)C1NS(=O)(=O)c1ccc(-c2ccccc2)cc1.O=C(O)CCCCCCC1C2CC[C@@H](C2)C1NS(=O)(=O)c1ccc(-c2ccccc2)cc1.[Na+]. The third kappa shape index (κ3) is 14.3. The van der Waals surface area contributed by atoms with Crippen LogP contribution < -0.4 is 43.9 Å². The molecule has 350 valence electrons. The van der Waals surface area contributed by atoms with Gasteiger partial charge < -0.3 is 14.6 Å². The summed E-state index contributed by atoms with van der Waals surface area (Å²) in [6.45, 7) is 1.29. The molecule has 4 aromatic rings. The van der Waals surface area contributed by atoms with Crippen LogP contribution in [0.1, 0.15) is 96.3 Å². The number of carbonyl (C=O) groups is 1. The number of sulfonamides is 2. The predicted octanol–water partition coefficient (Wildman–Crippen LogP) is 7.52. The van der Waals surface area contributed by atoms with Gasteiger partial charge in [0, 0.05) is 25.9 Å². The number of aliphatic carboxylic acids is 1. The Balaban J connectivity index is 0.000000215. The van der Waals surface area contributed by atoms with Crippen LogP contribution in [-0.2, 0) is 29.4 Å². The Morgan fingerprint density at radius 3 is 1.55 bits per heavy atom. The number of allylic oxidation sites excluding steroid dienone is 2. The normalized spacial score (nSPS) is 25.2. The van der Waals surface area contributed by atoms with Crippen LogP contribution >= 0.6 is 7.37 Å². The van der Waals surface area contributed by atoms with Crippen LogP contribution in [0.4, 0.5) is 0 Å². The molecule has 4 saturated carbocycles. The van der Waals surface area contributed by atoms with E-state index < -0.39 is 33.4 Å². The molecule has 4 aliphatic rings. The molecule has 0 heterocycles. The summed E-state index contributed by atoms with van der Waals surface area (Å²) >= 11 is 0. The van der Waals surface area contributed by atoms with Gasteiger partial charge in [-0.25, -0.2) is 26.3 Å². The number of nitrogens with one attached hydrogen (secondary N) is 2. The number of unbranched alkanes of at least 4 members (excludes halogenated alkanes) is 4. The Bertz CT molecular complexity index is 2470.